The molecule has 2 rings (SSSR count). The SMILES string of the molecule is CCC1C(O)C(O)CNC12CC2. The van der Waals surface area contributed by atoms with Crippen LogP contribution in [0.1, 0.15) is 26.2 Å². The van der Waals surface area contributed by atoms with Crippen LogP contribution < -0.4 is 5.32 Å². The molecule has 3 N–H and O–H groups in total. The van der Waals surface area contributed by atoms with Crippen molar-refractivity contribution in [1.82, 2.24) is 5.32 Å². The summed E-state index contributed by atoms with van der Waals surface area (Å²) in [4.78, 5) is 0. The van der Waals surface area contributed by atoms with Crippen LogP contribution in [0.5, 0.6) is 0 Å². The lowest BCUT2D eigenvalue weighted by atomic mass is 9.82. The van der Waals surface area contributed by atoms with E-state index in [-0.39, 0.29) is 11.5 Å². The smallest absolute Gasteiger partial charge is 0.0926 e. The zero-order chi connectivity index (χ0) is 8.77. The Balaban J connectivity index is 2.11. The molecular weight excluding hydrogens is 154 g/mol. The Morgan fingerprint density at radius 1 is 1.42 bits per heavy atom. The van der Waals surface area contributed by atoms with Gasteiger partial charge < -0.3 is 15.5 Å². The summed E-state index contributed by atoms with van der Waals surface area (Å²) in [5.74, 6) is 0.251. The lowest BCUT2D eigenvalue weighted by Gasteiger charge is -2.39. The molecule has 70 valence electrons. The highest BCUT2D eigenvalue weighted by atomic mass is 16.3. The minimum atomic E-state index is -0.568. The maximum atomic E-state index is 9.72. The maximum absolute atomic E-state index is 9.72. The van der Waals surface area contributed by atoms with Crippen molar-refractivity contribution in [2.24, 2.45) is 5.92 Å². The summed E-state index contributed by atoms with van der Waals surface area (Å²) in [7, 11) is 0. The lowest BCUT2D eigenvalue weighted by Crippen LogP contribution is -2.57. The molecule has 0 aromatic rings. The maximum Gasteiger partial charge on any atom is 0.0926 e. The van der Waals surface area contributed by atoms with Gasteiger partial charge in [-0.1, -0.05) is 6.92 Å². The highest BCUT2D eigenvalue weighted by Gasteiger charge is 2.54. The Kier molecular flexibility index (Phi) is 1.90. The van der Waals surface area contributed by atoms with Gasteiger partial charge >= 0.3 is 0 Å². The van der Waals surface area contributed by atoms with Gasteiger partial charge in [0.25, 0.3) is 0 Å². The molecule has 2 aliphatic rings. The molecular formula is C9H17NO2. The van der Waals surface area contributed by atoms with Gasteiger partial charge in [0.2, 0.25) is 0 Å². The van der Waals surface area contributed by atoms with Crippen molar-refractivity contribution >= 4 is 0 Å². The van der Waals surface area contributed by atoms with Crippen molar-refractivity contribution in [1.29, 1.82) is 0 Å². The van der Waals surface area contributed by atoms with E-state index in [1.807, 2.05) is 0 Å². The van der Waals surface area contributed by atoms with Crippen molar-refractivity contribution in [2.45, 2.75) is 43.9 Å². The highest BCUT2D eigenvalue weighted by Crippen LogP contribution is 2.47. The first-order chi connectivity index (χ1) is 5.69. The molecule has 1 saturated heterocycles. The minimum absolute atomic E-state index is 0.188. The molecule has 3 unspecified atom stereocenters. The molecule has 0 radical (unpaired) electrons. The fourth-order valence-corrected chi connectivity index (χ4v) is 2.47. The monoisotopic (exact) mass is 171 g/mol. The van der Waals surface area contributed by atoms with E-state index in [0.29, 0.717) is 6.54 Å². The van der Waals surface area contributed by atoms with Crippen molar-refractivity contribution < 1.29 is 10.2 Å². The van der Waals surface area contributed by atoms with Crippen LogP contribution in [0.15, 0.2) is 0 Å². The van der Waals surface area contributed by atoms with Gasteiger partial charge in [0, 0.05) is 18.0 Å². The summed E-state index contributed by atoms with van der Waals surface area (Å²) in [6, 6.07) is 0. The summed E-state index contributed by atoms with van der Waals surface area (Å²) >= 11 is 0. The van der Waals surface area contributed by atoms with Crippen molar-refractivity contribution in [3.05, 3.63) is 0 Å². The third kappa shape index (κ3) is 1.08. The molecule has 3 atom stereocenters. The van der Waals surface area contributed by atoms with Gasteiger partial charge in [-0.15, -0.1) is 0 Å². The Hall–Kier alpha value is -0.120. The molecule has 1 aliphatic carbocycles. The molecule has 12 heavy (non-hydrogen) atoms. The Morgan fingerprint density at radius 3 is 2.58 bits per heavy atom. The largest absolute Gasteiger partial charge is 0.390 e. The molecule has 1 saturated carbocycles. The number of hydrogen-bond donors (Lipinski definition) is 3. The molecule has 2 fully saturated rings. The average Bonchev–Trinajstić information content (AvgIpc) is 2.81. The van der Waals surface area contributed by atoms with Gasteiger partial charge in [-0.05, 0) is 19.3 Å². The Morgan fingerprint density at radius 2 is 2.08 bits per heavy atom. The van der Waals surface area contributed by atoms with E-state index >= 15 is 0 Å². The number of nitrogens with one attached hydrogen (secondary N) is 1. The van der Waals surface area contributed by atoms with Gasteiger partial charge in [-0.25, -0.2) is 0 Å². The molecule has 0 amide bonds. The summed E-state index contributed by atoms with van der Waals surface area (Å²) in [5, 5.41) is 22.5. The van der Waals surface area contributed by atoms with Gasteiger partial charge in [0.05, 0.1) is 12.2 Å². The van der Waals surface area contributed by atoms with Crippen LogP contribution in [0.25, 0.3) is 0 Å². The predicted molar refractivity (Wildman–Crippen MR) is 45.8 cm³/mol. The zero-order valence-corrected chi connectivity index (χ0v) is 7.45. The van der Waals surface area contributed by atoms with Crippen molar-refractivity contribution in [2.75, 3.05) is 6.54 Å². The minimum Gasteiger partial charge on any atom is -0.390 e. The van der Waals surface area contributed by atoms with Gasteiger partial charge in [0.1, 0.15) is 0 Å². The molecule has 3 nitrogen and oxygen atoms in total. The first-order valence-corrected chi connectivity index (χ1v) is 4.81. The summed E-state index contributed by atoms with van der Waals surface area (Å²) in [5.41, 5.74) is 0.188. The van der Waals surface area contributed by atoms with Crippen LogP contribution in [0.3, 0.4) is 0 Å². The Labute approximate surface area is 72.8 Å². The molecule has 1 spiro atoms. The quantitative estimate of drug-likeness (QED) is 0.515. The van der Waals surface area contributed by atoms with E-state index in [4.69, 9.17) is 0 Å². The second kappa shape index (κ2) is 2.69. The number of β-amino-alcohol motifs (C(OH)–C–C–N with tert-alkyl or cyclic N) is 1. The zero-order valence-electron chi connectivity index (χ0n) is 7.45. The fraction of sp³-hybridized carbons (Fsp3) is 1.00. The van der Waals surface area contributed by atoms with Gasteiger partial charge in [-0.3, -0.25) is 0 Å². The summed E-state index contributed by atoms with van der Waals surface area (Å²) in [6.07, 6.45) is 2.19. The van der Waals surface area contributed by atoms with Crippen LogP contribution in [-0.4, -0.2) is 34.5 Å². The van der Waals surface area contributed by atoms with Crippen molar-refractivity contribution in [3.63, 3.8) is 0 Å². The van der Waals surface area contributed by atoms with E-state index in [1.54, 1.807) is 0 Å². The number of hydrogen-bond acceptors (Lipinski definition) is 3. The highest BCUT2D eigenvalue weighted by molar-refractivity contribution is 5.12. The molecule has 0 aromatic heterocycles. The molecule has 3 heteroatoms. The topological polar surface area (TPSA) is 52.5 Å². The first kappa shape index (κ1) is 8.48. The van der Waals surface area contributed by atoms with Crippen LogP contribution in [0.4, 0.5) is 0 Å². The van der Waals surface area contributed by atoms with E-state index in [9.17, 15) is 10.2 Å². The van der Waals surface area contributed by atoms with Crippen LogP contribution in [0.2, 0.25) is 0 Å². The van der Waals surface area contributed by atoms with Gasteiger partial charge in [-0.2, -0.15) is 0 Å². The number of rotatable bonds is 1. The van der Waals surface area contributed by atoms with Gasteiger partial charge in [0.15, 0.2) is 0 Å². The van der Waals surface area contributed by atoms with E-state index < -0.39 is 12.2 Å². The third-order valence-corrected chi connectivity index (χ3v) is 3.41. The first-order valence-electron chi connectivity index (χ1n) is 4.81. The van der Waals surface area contributed by atoms with Crippen LogP contribution >= 0.6 is 0 Å². The van der Waals surface area contributed by atoms with Crippen LogP contribution in [0, 0.1) is 5.92 Å². The fourth-order valence-electron chi connectivity index (χ4n) is 2.47. The average molecular weight is 171 g/mol. The Bertz CT molecular complexity index is 179. The predicted octanol–water partition coefficient (Wildman–Crippen LogP) is -0.130. The number of aliphatic hydroxyl groups is 2. The molecule has 0 bridgehead atoms. The normalized spacial score (nSPS) is 44.8. The summed E-state index contributed by atoms with van der Waals surface area (Å²) in [6.45, 7) is 2.63. The second-order valence-corrected chi connectivity index (χ2v) is 4.11. The summed E-state index contributed by atoms with van der Waals surface area (Å²) < 4.78 is 0. The molecule has 0 aromatic carbocycles. The van der Waals surface area contributed by atoms with Crippen molar-refractivity contribution in [3.8, 4) is 0 Å². The number of piperidine rings is 1. The lowest BCUT2D eigenvalue weighted by molar-refractivity contribution is -0.0581. The van der Waals surface area contributed by atoms with Crippen LogP contribution in [-0.2, 0) is 0 Å². The van der Waals surface area contributed by atoms with E-state index in [1.165, 1.54) is 0 Å². The second-order valence-electron chi connectivity index (χ2n) is 4.11. The number of aliphatic hydroxyl groups excluding tert-OH is 2. The molecule has 1 aliphatic heterocycles. The standard InChI is InChI=1S/C9H17NO2/c1-2-6-8(12)7(11)5-10-9(6)3-4-9/h6-8,10-12H,2-5H2,1H3. The molecule has 1 heterocycles. The third-order valence-electron chi connectivity index (χ3n) is 3.41. The van der Waals surface area contributed by atoms with E-state index in [2.05, 4.69) is 12.2 Å². The van der Waals surface area contributed by atoms with E-state index in [0.717, 1.165) is 19.3 Å².